The van der Waals surface area contributed by atoms with Gasteiger partial charge in [0.15, 0.2) is 5.78 Å². The standard InChI is InChI=1S/C14H16F3NO3/c1-4-21-12(20)11-10(14(15,16)17)9-7(18-11)5-13(2,3)6-8(9)19/h18H,4-6H2,1-3H3. The molecule has 1 N–H and O–H groups in total. The van der Waals surface area contributed by atoms with Crippen molar-refractivity contribution in [3.05, 3.63) is 22.5 Å². The quantitative estimate of drug-likeness (QED) is 0.852. The molecule has 0 aromatic carbocycles. The number of aromatic nitrogens is 1. The van der Waals surface area contributed by atoms with Crippen LogP contribution in [0.1, 0.15) is 59.3 Å². The van der Waals surface area contributed by atoms with Crippen molar-refractivity contribution < 1.29 is 27.5 Å². The monoisotopic (exact) mass is 303 g/mol. The lowest BCUT2D eigenvalue weighted by molar-refractivity contribution is -0.138. The molecule has 0 fully saturated rings. The van der Waals surface area contributed by atoms with Gasteiger partial charge in [-0.15, -0.1) is 0 Å². The normalized spacial score (nSPS) is 17.5. The summed E-state index contributed by atoms with van der Waals surface area (Å²) in [7, 11) is 0. The predicted octanol–water partition coefficient (Wildman–Crippen LogP) is 3.37. The minimum Gasteiger partial charge on any atom is -0.461 e. The van der Waals surface area contributed by atoms with Crippen LogP contribution in [0.4, 0.5) is 13.2 Å². The molecule has 0 radical (unpaired) electrons. The number of esters is 1. The van der Waals surface area contributed by atoms with Crippen molar-refractivity contribution in [2.75, 3.05) is 6.61 Å². The van der Waals surface area contributed by atoms with E-state index >= 15 is 0 Å². The topological polar surface area (TPSA) is 59.2 Å². The van der Waals surface area contributed by atoms with Crippen LogP contribution in [0.3, 0.4) is 0 Å². The largest absolute Gasteiger partial charge is 0.461 e. The highest BCUT2D eigenvalue weighted by Gasteiger charge is 2.46. The third-order valence-corrected chi connectivity index (χ3v) is 3.41. The van der Waals surface area contributed by atoms with E-state index in [1.165, 1.54) is 6.92 Å². The third-order valence-electron chi connectivity index (χ3n) is 3.41. The number of hydrogen-bond acceptors (Lipinski definition) is 3. The second-order valence-corrected chi connectivity index (χ2v) is 5.89. The molecular formula is C14H16F3NO3. The summed E-state index contributed by atoms with van der Waals surface area (Å²) < 4.78 is 44.4. The SMILES string of the molecule is CCOC(=O)c1[nH]c2c(c1C(F)(F)F)C(=O)CC(C)(C)C2. The van der Waals surface area contributed by atoms with Gasteiger partial charge in [0, 0.05) is 12.1 Å². The first-order valence-corrected chi connectivity index (χ1v) is 6.59. The Hall–Kier alpha value is -1.79. The molecule has 1 aliphatic carbocycles. The van der Waals surface area contributed by atoms with E-state index in [0.717, 1.165) is 0 Å². The number of H-pyrrole nitrogens is 1. The second kappa shape index (κ2) is 4.89. The minimum atomic E-state index is -4.79. The lowest BCUT2D eigenvalue weighted by Gasteiger charge is -2.28. The molecule has 1 aromatic rings. The van der Waals surface area contributed by atoms with Gasteiger partial charge in [-0.05, 0) is 18.8 Å². The van der Waals surface area contributed by atoms with Gasteiger partial charge in [-0.25, -0.2) is 4.79 Å². The number of rotatable bonds is 2. The fourth-order valence-electron chi connectivity index (χ4n) is 2.70. The molecule has 4 nitrogen and oxygen atoms in total. The molecule has 116 valence electrons. The highest BCUT2D eigenvalue weighted by atomic mass is 19.4. The Morgan fingerprint density at radius 1 is 1.33 bits per heavy atom. The Kier molecular flexibility index (Phi) is 3.63. The van der Waals surface area contributed by atoms with Crippen LogP contribution in [-0.2, 0) is 17.3 Å². The molecule has 0 bridgehead atoms. The van der Waals surface area contributed by atoms with Gasteiger partial charge in [-0.1, -0.05) is 13.8 Å². The van der Waals surface area contributed by atoms with Crippen LogP contribution in [0.2, 0.25) is 0 Å². The Balaban J connectivity index is 2.64. The molecule has 0 atom stereocenters. The van der Waals surface area contributed by atoms with Gasteiger partial charge in [0.1, 0.15) is 5.69 Å². The highest BCUT2D eigenvalue weighted by molar-refractivity contribution is 6.04. The van der Waals surface area contributed by atoms with E-state index in [0.29, 0.717) is 0 Å². The van der Waals surface area contributed by atoms with E-state index in [1.54, 1.807) is 13.8 Å². The lowest BCUT2D eigenvalue weighted by Crippen LogP contribution is -2.28. The van der Waals surface area contributed by atoms with Crippen molar-refractivity contribution >= 4 is 11.8 Å². The fraction of sp³-hybridized carbons (Fsp3) is 0.571. The van der Waals surface area contributed by atoms with Gasteiger partial charge in [-0.2, -0.15) is 13.2 Å². The maximum atomic E-state index is 13.3. The molecule has 0 saturated heterocycles. The van der Waals surface area contributed by atoms with Gasteiger partial charge in [0.25, 0.3) is 0 Å². The highest BCUT2D eigenvalue weighted by Crippen LogP contribution is 2.43. The number of carbonyl (C=O) groups excluding carboxylic acids is 2. The van der Waals surface area contributed by atoms with Crippen molar-refractivity contribution in [3.63, 3.8) is 0 Å². The van der Waals surface area contributed by atoms with Gasteiger partial charge in [-0.3, -0.25) is 4.79 Å². The molecule has 0 unspecified atom stereocenters. The van der Waals surface area contributed by atoms with Crippen molar-refractivity contribution in [3.8, 4) is 0 Å². The van der Waals surface area contributed by atoms with Crippen LogP contribution in [0.25, 0.3) is 0 Å². The Morgan fingerprint density at radius 2 is 1.95 bits per heavy atom. The summed E-state index contributed by atoms with van der Waals surface area (Å²) in [5.74, 6) is -1.69. The minimum absolute atomic E-state index is 0.0171. The Labute approximate surface area is 119 Å². The van der Waals surface area contributed by atoms with Gasteiger partial charge in [0.05, 0.1) is 17.7 Å². The first kappa shape index (κ1) is 15.6. The van der Waals surface area contributed by atoms with Gasteiger partial charge in [0.2, 0.25) is 0 Å². The summed E-state index contributed by atoms with van der Waals surface area (Å²) in [5.41, 5.74) is -2.57. The molecule has 21 heavy (non-hydrogen) atoms. The molecule has 1 heterocycles. The van der Waals surface area contributed by atoms with Crippen molar-refractivity contribution in [1.82, 2.24) is 4.98 Å². The molecule has 7 heteroatoms. The number of halogens is 3. The summed E-state index contributed by atoms with van der Waals surface area (Å²) in [4.78, 5) is 26.3. The molecule has 1 aromatic heterocycles. The van der Waals surface area contributed by atoms with E-state index in [2.05, 4.69) is 9.72 Å². The molecule has 1 aliphatic rings. The molecule has 0 aliphatic heterocycles. The summed E-state index contributed by atoms with van der Waals surface area (Å²) in [6.45, 7) is 5.06. The van der Waals surface area contributed by atoms with E-state index in [9.17, 15) is 22.8 Å². The van der Waals surface area contributed by atoms with Crippen LogP contribution < -0.4 is 0 Å². The average molecular weight is 303 g/mol. The van der Waals surface area contributed by atoms with E-state index < -0.39 is 40.2 Å². The summed E-state index contributed by atoms with van der Waals surface area (Å²) in [6.07, 6.45) is -4.50. The van der Waals surface area contributed by atoms with E-state index in [1.807, 2.05) is 0 Å². The summed E-state index contributed by atoms with van der Waals surface area (Å²) in [6, 6.07) is 0. The van der Waals surface area contributed by atoms with Crippen LogP contribution in [-0.4, -0.2) is 23.3 Å². The maximum absolute atomic E-state index is 13.3. The number of carbonyl (C=O) groups is 2. The third kappa shape index (κ3) is 2.82. The smallest absolute Gasteiger partial charge is 0.419 e. The predicted molar refractivity (Wildman–Crippen MR) is 68.2 cm³/mol. The number of aromatic amines is 1. The second-order valence-electron chi connectivity index (χ2n) is 5.89. The van der Waals surface area contributed by atoms with Crippen LogP contribution >= 0.6 is 0 Å². The number of hydrogen-bond donors (Lipinski definition) is 1. The van der Waals surface area contributed by atoms with E-state index in [4.69, 9.17) is 0 Å². The zero-order chi connectivity index (χ0) is 16.0. The van der Waals surface area contributed by atoms with Gasteiger partial charge < -0.3 is 9.72 Å². The maximum Gasteiger partial charge on any atom is 0.419 e. The average Bonchev–Trinajstić information content (AvgIpc) is 2.66. The first-order chi connectivity index (χ1) is 9.57. The zero-order valence-corrected chi connectivity index (χ0v) is 12.0. The zero-order valence-electron chi connectivity index (χ0n) is 12.0. The summed E-state index contributed by atoms with van der Waals surface area (Å²) in [5, 5.41) is 0. The Morgan fingerprint density at radius 3 is 2.48 bits per heavy atom. The lowest BCUT2D eigenvalue weighted by atomic mass is 9.75. The number of ketones is 1. The Bertz CT molecular complexity index is 599. The summed E-state index contributed by atoms with van der Waals surface area (Å²) >= 11 is 0. The number of ether oxygens (including phenoxy) is 1. The molecular weight excluding hydrogens is 287 g/mol. The fourth-order valence-corrected chi connectivity index (χ4v) is 2.70. The number of alkyl halides is 3. The van der Waals surface area contributed by atoms with Crippen LogP contribution in [0.5, 0.6) is 0 Å². The molecule has 0 saturated carbocycles. The van der Waals surface area contributed by atoms with Gasteiger partial charge >= 0.3 is 12.1 Å². The number of nitrogens with one attached hydrogen (secondary N) is 1. The van der Waals surface area contributed by atoms with Crippen molar-refractivity contribution in [1.29, 1.82) is 0 Å². The van der Waals surface area contributed by atoms with E-state index in [-0.39, 0.29) is 25.1 Å². The molecule has 2 rings (SSSR count). The van der Waals surface area contributed by atoms with Crippen molar-refractivity contribution in [2.24, 2.45) is 5.41 Å². The van der Waals surface area contributed by atoms with Crippen molar-refractivity contribution in [2.45, 2.75) is 39.8 Å². The van der Waals surface area contributed by atoms with Crippen LogP contribution in [0.15, 0.2) is 0 Å². The van der Waals surface area contributed by atoms with Crippen LogP contribution in [0, 0.1) is 5.41 Å². The molecule has 0 spiro atoms. The molecule has 0 amide bonds. The first-order valence-electron chi connectivity index (χ1n) is 6.59. The number of fused-ring (bicyclic) bond motifs is 1. The number of Topliss-reactive ketones (excluding diaryl/α,β-unsaturated/α-hetero) is 1.